The number of anilines is 2. The Balaban J connectivity index is 1.43. The minimum Gasteiger partial charge on any atom is -0.383 e. The molecule has 1 saturated heterocycles. The van der Waals surface area contributed by atoms with E-state index < -0.39 is 0 Å². The lowest BCUT2D eigenvalue weighted by atomic mass is 9.94. The fourth-order valence-electron chi connectivity index (χ4n) is 4.81. The monoisotopic (exact) mass is 477 g/mol. The lowest BCUT2D eigenvalue weighted by molar-refractivity contribution is 0.0946. The molecule has 0 radical (unpaired) electrons. The number of fused-ring (bicyclic) bond motifs is 1. The summed E-state index contributed by atoms with van der Waals surface area (Å²) in [6.45, 7) is 2.42. The molecule has 1 unspecified atom stereocenters. The van der Waals surface area contributed by atoms with Gasteiger partial charge in [-0.2, -0.15) is 0 Å². The summed E-state index contributed by atoms with van der Waals surface area (Å²) in [5, 5.41) is 2.86. The van der Waals surface area contributed by atoms with Gasteiger partial charge in [0.15, 0.2) is 0 Å². The third kappa shape index (κ3) is 4.23. The average molecular weight is 478 g/mol. The van der Waals surface area contributed by atoms with E-state index in [-0.39, 0.29) is 11.7 Å². The second-order valence-electron chi connectivity index (χ2n) is 8.82. The minimum atomic E-state index is -0.279. The molecule has 0 aliphatic carbocycles. The number of amides is 1. The Bertz CT molecular complexity index is 1250. The van der Waals surface area contributed by atoms with Crippen LogP contribution in [0.25, 0.3) is 22.3 Å². The fourth-order valence-corrected chi connectivity index (χ4v) is 5.28. The Kier molecular flexibility index (Phi) is 6.18. The summed E-state index contributed by atoms with van der Waals surface area (Å²) in [5.74, 6) is 0.0417. The van der Waals surface area contributed by atoms with Crippen LogP contribution in [-0.4, -0.2) is 54.2 Å². The van der Waals surface area contributed by atoms with Gasteiger partial charge in [-0.15, -0.1) is 0 Å². The van der Waals surface area contributed by atoms with Crippen molar-refractivity contribution in [3.05, 3.63) is 65.6 Å². The molecule has 2 aromatic carbocycles. The second kappa shape index (κ2) is 9.27. The van der Waals surface area contributed by atoms with Gasteiger partial charge in [-0.25, -0.2) is 13.7 Å². The molecular weight excluding hydrogens is 449 g/mol. The topological polar surface area (TPSA) is 74.5 Å². The van der Waals surface area contributed by atoms with E-state index in [1.165, 1.54) is 0 Å². The number of carbonyl (C=O) groups excluding carboxylic acids is 1. The predicted octanol–water partition coefficient (Wildman–Crippen LogP) is 4.21. The van der Waals surface area contributed by atoms with Gasteiger partial charge in [-0.05, 0) is 67.6 Å². The van der Waals surface area contributed by atoms with Crippen LogP contribution in [0, 0.1) is 5.82 Å². The first-order valence-electron chi connectivity index (χ1n) is 11.4. The molecule has 6 nitrogen and oxygen atoms in total. The van der Waals surface area contributed by atoms with E-state index in [0.717, 1.165) is 48.3 Å². The normalized spacial score (nSPS) is 17.7. The Morgan fingerprint density at radius 3 is 2.76 bits per heavy atom. The molecule has 1 amide bonds. The highest BCUT2D eigenvalue weighted by atomic mass is 32.2. The predicted molar refractivity (Wildman–Crippen MR) is 137 cm³/mol. The van der Waals surface area contributed by atoms with Gasteiger partial charge in [0.1, 0.15) is 11.6 Å². The van der Waals surface area contributed by atoms with Gasteiger partial charge >= 0.3 is 0 Å². The maximum Gasteiger partial charge on any atom is 0.251 e. The van der Waals surface area contributed by atoms with Gasteiger partial charge in [0.2, 0.25) is 0 Å². The van der Waals surface area contributed by atoms with E-state index in [1.807, 2.05) is 36.4 Å². The number of benzene rings is 2. The Hall–Kier alpha value is -3.10. The number of aromatic nitrogens is 1. The van der Waals surface area contributed by atoms with Crippen LogP contribution in [0.2, 0.25) is 0 Å². The van der Waals surface area contributed by atoms with Gasteiger partial charge in [0.25, 0.3) is 5.91 Å². The minimum absolute atomic E-state index is 0.0563. The lowest BCUT2D eigenvalue weighted by Gasteiger charge is -2.23. The standard InChI is InChI=1S/C26H28FN5OS/c1-31(34-2)20-8-10-32(15-20)19-4-6-21(24(27)13-19)18-12-23(25(28)30-14-18)16-3-5-22-17(11-16)7-9-29-26(22)33/h3-6,11-14,20H,7-10,15H2,1-2H3,(H2,28,30)(H,29,33). The molecule has 2 aliphatic rings. The number of pyridine rings is 1. The number of nitrogens with zero attached hydrogens (tertiary/aromatic N) is 3. The third-order valence-electron chi connectivity index (χ3n) is 6.85. The van der Waals surface area contributed by atoms with Crippen molar-refractivity contribution in [3.8, 4) is 22.3 Å². The highest BCUT2D eigenvalue weighted by Gasteiger charge is 2.26. The van der Waals surface area contributed by atoms with Crippen LogP contribution in [0.1, 0.15) is 22.3 Å². The molecule has 5 rings (SSSR count). The Morgan fingerprint density at radius 2 is 1.97 bits per heavy atom. The molecule has 34 heavy (non-hydrogen) atoms. The number of hydrogen-bond acceptors (Lipinski definition) is 6. The zero-order valence-electron chi connectivity index (χ0n) is 19.3. The van der Waals surface area contributed by atoms with E-state index in [9.17, 15) is 4.79 Å². The number of nitrogens with two attached hydrogens (primary N) is 1. The number of hydrogen-bond donors (Lipinski definition) is 2. The SMILES string of the molecule is CSN(C)C1CCN(c2ccc(-c3cnc(N)c(-c4ccc5c(c4)CCNC5=O)c3)c(F)c2)C1. The molecule has 0 bridgehead atoms. The number of rotatable bonds is 5. The first-order chi connectivity index (χ1) is 16.4. The van der Waals surface area contributed by atoms with Crippen LogP contribution in [0.5, 0.6) is 0 Å². The molecule has 0 spiro atoms. The third-order valence-corrected chi connectivity index (χ3v) is 7.73. The molecule has 8 heteroatoms. The highest BCUT2D eigenvalue weighted by molar-refractivity contribution is 7.96. The summed E-state index contributed by atoms with van der Waals surface area (Å²) in [7, 11) is 2.10. The van der Waals surface area contributed by atoms with Crippen LogP contribution in [0.15, 0.2) is 48.7 Å². The summed E-state index contributed by atoms with van der Waals surface area (Å²) in [6, 6.07) is 13.4. The average Bonchev–Trinajstić information content (AvgIpc) is 3.34. The molecule has 2 aliphatic heterocycles. The summed E-state index contributed by atoms with van der Waals surface area (Å²) in [4.78, 5) is 18.7. The maximum absolute atomic E-state index is 15.3. The van der Waals surface area contributed by atoms with Crippen LogP contribution < -0.4 is 16.0 Å². The molecule has 3 aromatic rings. The molecule has 1 aromatic heterocycles. The van der Waals surface area contributed by atoms with Crippen LogP contribution in [0.4, 0.5) is 15.9 Å². The van der Waals surface area contributed by atoms with Gasteiger partial charge in [-0.1, -0.05) is 24.1 Å². The van der Waals surface area contributed by atoms with E-state index in [4.69, 9.17) is 5.73 Å². The largest absolute Gasteiger partial charge is 0.383 e. The summed E-state index contributed by atoms with van der Waals surface area (Å²) >= 11 is 1.73. The quantitative estimate of drug-likeness (QED) is 0.537. The van der Waals surface area contributed by atoms with Crippen molar-refractivity contribution in [1.29, 1.82) is 0 Å². The lowest BCUT2D eigenvalue weighted by Crippen LogP contribution is -2.31. The Labute approximate surface area is 203 Å². The van der Waals surface area contributed by atoms with Gasteiger partial charge in [0.05, 0.1) is 0 Å². The van der Waals surface area contributed by atoms with Gasteiger partial charge < -0.3 is 16.0 Å². The first kappa shape index (κ1) is 22.7. The molecule has 1 atom stereocenters. The highest BCUT2D eigenvalue weighted by Crippen LogP contribution is 2.34. The van der Waals surface area contributed by atoms with E-state index in [2.05, 4.69) is 32.8 Å². The summed E-state index contributed by atoms with van der Waals surface area (Å²) in [5.41, 5.74) is 11.5. The zero-order chi connectivity index (χ0) is 23.8. The summed E-state index contributed by atoms with van der Waals surface area (Å²) < 4.78 is 17.5. The van der Waals surface area contributed by atoms with E-state index in [0.29, 0.717) is 35.1 Å². The number of carbonyl (C=O) groups is 1. The van der Waals surface area contributed by atoms with Crippen LogP contribution in [0.3, 0.4) is 0 Å². The maximum atomic E-state index is 15.3. The second-order valence-corrected chi connectivity index (χ2v) is 9.76. The van der Waals surface area contributed by atoms with Crippen molar-refractivity contribution in [2.24, 2.45) is 0 Å². The summed E-state index contributed by atoms with van der Waals surface area (Å²) in [6.07, 6.45) is 5.52. The number of halogens is 1. The smallest absolute Gasteiger partial charge is 0.251 e. The van der Waals surface area contributed by atoms with Crippen LogP contribution in [-0.2, 0) is 6.42 Å². The zero-order valence-corrected chi connectivity index (χ0v) is 20.2. The van der Waals surface area contributed by atoms with Crippen molar-refractivity contribution >= 4 is 29.4 Å². The van der Waals surface area contributed by atoms with Gasteiger partial charge in [-0.3, -0.25) is 4.79 Å². The van der Waals surface area contributed by atoms with Crippen LogP contribution >= 0.6 is 11.9 Å². The fraction of sp³-hybridized carbons (Fsp3) is 0.308. The number of nitrogen functional groups attached to an aromatic ring is 1. The number of likely N-dealkylation sites (N-methyl/N-ethyl adjacent to an activating group) is 1. The molecule has 1 fully saturated rings. The van der Waals surface area contributed by atoms with Crippen molar-refractivity contribution in [3.63, 3.8) is 0 Å². The molecule has 3 N–H and O–H groups in total. The van der Waals surface area contributed by atoms with Crippen molar-refractivity contribution < 1.29 is 9.18 Å². The van der Waals surface area contributed by atoms with E-state index >= 15 is 4.39 Å². The van der Waals surface area contributed by atoms with Gasteiger partial charge in [0, 0.05) is 59.8 Å². The molecule has 3 heterocycles. The number of nitrogens with one attached hydrogen (secondary N) is 1. The molecule has 176 valence electrons. The van der Waals surface area contributed by atoms with E-state index in [1.54, 1.807) is 24.2 Å². The first-order valence-corrected chi connectivity index (χ1v) is 12.6. The van der Waals surface area contributed by atoms with Crippen molar-refractivity contribution in [1.82, 2.24) is 14.6 Å². The van der Waals surface area contributed by atoms with Crippen molar-refractivity contribution in [2.75, 3.05) is 43.6 Å². The Morgan fingerprint density at radius 1 is 1.15 bits per heavy atom. The van der Waals surface area contributed by atoms with Crippen molar-refractivity contribution in [2.45, 2.75) is 18.9 Å². The molecular formula is C26H28FN5OS. The molecule has 0 saturated carbocycles.